The molecule has 2 aromatic carbocycles. The summed E-state index contributed by atoms with van der Waals surface area (Å²) in [6.07, 6.45) is 0. The minimum absolute atomic E-state index is 0.0433. The molecule has 2 amide bonds. The summed E-state index contributed by atoms with van der Waals surface area (Å²) in [5.41, 5.74) is 1.74. The summed E-state index contributed by atoms with van der Waals surface area (Å²) in [7, 11) is 0. The van der Waals surface area contributed by atoms with Crippen LogP contribution in [0.2, 0.25) is 0 Å². The summed E-state index contributed by atoms with van der Waals surface area (Å²) in [5, 5.41) is 19.7. The van der Waals surface area contributed by atoms with Crippen LogP contribution in [-0.2, 0) is 0 Å². The lowest BCUT2D eigenvalue weighted by atomic mass is 10.2. The fourth-order valence-electron chi connectivity index (χ4n) is 2.08. The van der Waals surface area contributed by atoms with E-state index in [9.17, 15) is 14.9 Å². The van der Waals surface area contributed by atoms with Gasteiger partial charge in [0.1, 0.15) is 0 Å². The maximum atomic E-state index is 12.0. The number of rotatable bonds is 4. The molecule has 0 spiro atoms. The quantitative estimate of drug-likeness (QED) is 0.553. The Hall–Kier alpha value is -3.75. The molecular formula is C16H13N5O4. The van der Waals surface area contributed by atoms with E-state index < -0.39 is 11.0 Å². The molecule has 2 N–H and O–H groups in total. The van der Waals surface area contributed by atoms with Crippen molar-refractivity contribution in [2.75, 3.05) is 10.6 Å². The first-order chi connectivity index (χ1) is 12.0. The Labute approximate surface area is 141 Å². The van der Waals surface area contributed by atoms with Crippen LogP contribution >= 0.6 is 0 Å². The summed E-state index contributed by atoms with van der Waals surface area (Å²) in [6, 6.07) is 12.0. The van der Waals surface area contributed by atoms with Crippen LogP contribution < -0.4 is 10.6 Å². The fraction of sp³-hybridized carbons (Fsp3) is 0.0625. The van der Waals surface area contributed by atoms with Gasteiger partial charge in [0, 0.05) is 36.0 Å². The zero-order chi connectivity index (χ0) is 17.8. The van der Waals surface area contributed by atoms with Crippen LogP contribution in [0, 0.1) is 17.0 Å². The Balaban J connectivity index is 1.61. The molecule has 0 unspecified atom stereocenters. The Morgan fingerprint density at radius 1 is 1.04 bits per heavy atom. The van der Waals surface area contributed by atoms with Gasteiger partial charge in [-0.15, -0.1) is 0 Å². The molecular weight excluding hydrogens is 326 g/mol. The third-order valence-electron chi connectivity index (χ3n) is 3.26. The van der Waals surface area contributed by atoms with Crippen molar-refractivity contribution in [3.05, 3.63) is 64.5 Å². The summed E-state index contributed by atoms with van der Waals surface area (Å²) in [4.78, 5) is 26.2. The molecule has 0 aliphatic carbocycles. The number of non-ortho nitro benzene ring substituents is 1. The van der Waals surface area contributed by atoms with Crippen LogP contribution in [0.25, 0.3) is 11.4 Å². The lowest BCUT2D eigenvalue weighted by molar-refractivity contribution is -0.384. The zero-order valence-corrected chi connectivity index (χ0v) is 13.1. The molecule has 3 aromatic rings. The van der Waals surface area contributed by atoms with Crippen molar-refractivity contribution in [2.45, 2.75) is 6.92 Å². The van der Waals surface area contributed by atoms with E-state index >= 15 is 0 Å². The molecule has 0 aliphatic rings. The molecule has 1 heterocycles. The molecule has 0 atom stereocenters. The van der Waals surface area contributed by atoms with Gasteiger partial charge in [-0.3, -0.25) is 10.1 Å². The van der Waals surface area contributed by atoms with Crippen LogP contribution in [0.1, 0.15) is 5.89 Å². The Morgan fingerprint density at radius 2 is 1.60 bits per heavy atom. The number of carbonyl (C=O) groups is 1. The lowest BCUT2D eigenvalue weighted by Crippen LogP contribution is -2.19. The molecule has 0 saturated carbocycles. The van der Waals surface area contributed by atoms with E-state index in [1.807, 2.05) is 0 Å². The van der Waals surface area contributed by atoms with Gasteiger partial charge in [-0.05, 0) is 36.4 Å². The van der Waals surface area contributed by atoms with Crippen molar-refractivity contribution >= 4 is 23.1 Å². The van der Waals surface area contributed by atoms with Gasteiger partial charge in [-0.25, -0.2) is 4.79 Å². The number of nitrogens with one attached hydrogen (secondary N) is 2. The third-order valence-corrected chi connectivity index (χ3v) is 3.26. The topological polar surface area (TPSA) is 123 Å². The highest BCUT2D eigenvalue weighted by Crippen LogP contribution is 2.19. The van der Waals surface area contributed by atoms with E-state index in [0.717, 1.165) is 5.56 Å². The molecule has 9 heteroatoms. The number of aryl methyl sites for hydroxylation is 1. The van der Waals surface area contributed by atoms with Gasteiger partial charge in [0.25, 0.3) is 5.69 Å². The highest BCUT2D eigenvalue weighted by Gasteiger charge is 2.08. The molecule has 0 fully saturated rings. The van der Waals surface area contributed by atoms with Crippen molar-refractivity contribution in [1.29, 1.82) is 0 Å². The number of hydrogen-bond acceptors (Lipinski definition) is 6. The highest BCUT2D eigenvalue weighted by atomic mass is 16.6. The number of hydrogen-bond donors (Lipinski definition) is 2. The van der Waals surface area contributed by atoms with Crippen LogP contribution in [-0.4, -0.2) is 21.1 Å². The van der Waals surface area contributed by atoms with Crippen LogP contribution in [0.4, 0.5) is 21.9 Å². The van der Waals surface area contributed by atoms with E-state index in [0.29, 0.717) is 23.1 Å². The number of urea groups is 1. The van der Waals surface area contributed by atoms with E-state index in [4.69, 9.17) is 4.52 Å². The Bertz CT molecular complexity index is 903. The minimum Gasteiger partial charge on any atom is -0.339 e. The number of benzene rings is 2. The fourth-order valence-corrected chi connectivity index (χ4v) is 2.08. The minimum atomic E-state index is -0.503. The van der Waals surface area contributed by atoms with E-state index in [2.05, 4.69) is 20.8 Å². The molecule has 0 bridgehead atoms. The van der Waals surface area contributed by atoms with Crippen molar-refractivity contribution in [1.82, 2.24) is 10.1 Å². The molecule has 0 radical (unpaired) electrons. The average molecular weight is 339 g/mol. The second-order valence-corrected chi connectivity index (χ2v) is 5.10. The number of nitro groups is 1. The predicted molar refractivity (Wildman–Crippen MR) is 90.2 cm³/mol. The molecule has 9 nitrogen and oxygen atoms in total. The number of aromatic nitrogens is 2. The summed E-state index contributed by atoms with van der Waals surface area (Å²) < 4.78 is 4.92. The normalized spacial score (nSPS) is 10.3. The van der Waals surface area contributed by atoms with Gasteiger partial charge in [0.05, 0.1) is 4.92 Å². The van der Waals surface area contributed by atoms with Crippen LogP contribution in [0.5, 0.6) is 0 Å². The molecule has 3 rings (SSSR count). The maximum Gasteiger partial charge on any atom is 0.323 e. The number of amides is 2. The summed E-state index contributed by atoms with van der Waals surface area (Å²) in [6.45, 7) is 1.70. The van der Waals surface area contributed by atoms with Crippen molar-refractivity contribution < 1.29 is 14.2 Å². The third kappa shape index (κ3) is 3.96. The van der Waals surface area contributed by atoms with Gasteiger partial charge in [0.15, 0.2) is 0 Å². The van der Waals surface area contributed by atoms with Gasteiger partial charge < -0.3 is 15.2 Å². The van der Waals surface area contributed by atoms with Crippen molar-refractivity contribution in [3.8, 4) is 11.4 Å². The first-order valence-electron chi connectivity index (χ1n) is 7.24. The Kier molecular flexibility index (Phi) is 4.38. The van der Waals surface area contributed by atoms with Crippen LogP contribution in [0.15, 0.2) is 53.1 Å². The average Bonchev–Trinajstić information content (AvgIpc) is 3.02. The predicted octanol–water partition coefficient (Wildman–Crippen LogP) is 3.60. The van der Waals surface area contributed by atoms with Gasteiger partial charge in [-0.1, -0.05) is 5.16 Å². The van der Waals surface area contributed by atoms with Crippen molar-refractivity contribution in [2.24, 2.45) is 0 Å². The summed E-state index contributed by atoms with van der Waals surface area (Å²) in [5.74, 6) is 0.944. The first kappa shape index (κ1) is 16.1. The molecule has 126 valence electrons. The van der Waals surface area contributed by atoms with E-state index in [1.54, 1.807) is 31.2 Å². The Morgan fingerprint density at radius 3 is 2.08 bits per heavy atom. The highest BCUT2D eigenvalue weighted by molar-refractivity contribution is 5.99. The first-order valence-corrected chi connectivity index (χ1v) is 7.24. The monoisotopic (exact) mass is 339 g/mol. The second-order valence-electron chi connectivity index (χ2n) is 5.10. The number of carbonyl (C=O) groups excluding carboxylic acids is 1. The molecule has 1 aromatic heterocycles. The summed E-state index contributed by atoms with van der Waals surface area (Å²) >= 11 is 0. The molecule has 25 heavy (non-hydrogen) atoms. The van der Waals surface area contributed by atoms with Crippen LogP contribution in [0.3, 0.4) is 0 Å². The number of nitro benzene ring substituents is 1. The maximum absolute atomic E-state index is 12.0. The van der Waals surface area contributed by atoms with Gasteiger partial charge in [0.2, 0.25) is 11.7 Å². The standard InChI is InChI=1S/C16H13N5O4/c1-10-17-15(20-25-10)11-2-4-12(5-3-11)18-16(22)19-13-6-8-14(9-7-13)21(23)24/h2-9H,1H3,(H2,18,19,22). The van der Waals surface area contributed by atoms with Gasteiger partial charge in [-0.2, -0.15) is 4.98 Å². The molecule has 0 aliphatic heterocycles. The van der Waals surface area contributed by atoms with Crippen molar-refractivity contribution in [3.63, 3.8) is 0 Å². The largest absolute Gasteiger partial charge is 0.339 e. The van der Waals surface area contributed by atoms with E-state index in [-0.39, 0.29) is 5.69 Å². The number of anilines is 2. The zero-order valence-electron chi connectivity index (χ0n) is 13.1. The van der Waals surface area contributed by atoms with E-state index in [1.165, 1.54) is 24.3 Å². The number of nitrogens with zero attached hydrogens (tertiary/aromatic N) is 3. The second kappa shape index (κ2) is 6.79. The lowest BCUT2D eigenvalue weighted by Gasteiger charge is -2.07. The molecule has 0 saturated heterocycles. The smallest absolute Gasteiger partial charge is 0.323 e. The SMILES string of the molecule is Cc1nc(-c2ccc(NC(=O)Nc3ccc([N+](=O)[O-])cc3)cc2)no1. The van der Waals surface area contributed by atoms with Gasteiger partial charge >= 0.3 is 6.03 Å².